The van der Waals surface area contributed by atoms with Gasteiger partial charge in [0.2, 0.25) is 0 Å². The maximum Gasteiger partial charge on any atom is 0.147 e. The van der Waals surface area contributed by atoms with E-state index in [0.29, 0.717) is 11.4 Å². The van der Waals surface area contributed by atoms with Gasteiger partial charge in [0.1, 0.15) is 23.5 Å². The molecule has 1 aliphatic rings. The zero-order valence-electron chi connectivity index (χ0n) is 10.7. The van der Waals surface area contributed by atoms with Crippen LogP contribution in [0.3, 0.4) is 0 Å². The highest BCUT2D eigenvalue weighted by molar-refractivity contribution is 5.51. The fourth-order valence-corrected chi connectivity index (χ4v) is 2.36. The van der Waals surface area contributed by atoms with Crippen LogP contribution in [0.2, 0.25) is 0 Å². The van der Waals surface area contributed by atoms with Crippen molar-refractivity contribution in [1.29, 1.82) is 5.26 Å². The van der Waals surface area contributed by atoms with Crippen LogP contribution in [0, 0.1) is 18.3 Å². The minimum atomic E-state index is 0.232. The van der Waals surface area contributed by atoms with Crippen molar-refractivity contribution < 1.29 is 0 Å². The Morgan fingerprint density at radius 2 is 2.42 bits per heavy atom. The minimum absolute atomic E-state index is 0.232. The van der Waals surface area contributed by atoms with Crippen LogP contribution in [0.5, 0.6) is 0 Å². The zero-order chi connectivity index (χ0) is 13.2. The quantitative estimate of drug-likeness (QED) is 0.873. The molecule has 0 saturated heterocycles. The van der Waals surface area contributed by atoms with Crippen molar-refractivity contribution in [3.63, 3.8) is 0 Å². The van der Waals surface area contributed by atoms with Crippen LogP contribution in [0.4, 0.5) is 5.82 Å². The van der Waals surface area contributed by atoms with Gasteiger partial charge in [-0.1, -0.05) is 0 Å². The lowest BCUT2D eigenvalue weighted by molar-refractivity contribution is 0.440. The molecular formula is C13H14N6. The standard InChI is InChI=1S/C13H14N6/c1-9-16-12-5-4-11(8-19(12)18-9)17-13-10(7-14)3-2-6-15-13/h2-3,6,11H,4-5,8H2,1H3,(H,15,17)/t11-/m0/s1. The van der Waals surface area contributed by atoms with Crippen molar-refractivity contribution in [1.82, 2.24) is 19.7 Å². The topological polar surface area (TPSA) is 79.4 Å². The van der Waals surface area contributed by atoms with Gasteiger partial charge in [-0.3, -0.25) is 0 Å². The Balaban J connectivity index is 1.77. The van der Waals surface area contributed by atoms with Crippen LogP contribution < -0.4 is 5.32 Å². The number of hydrogen-bond acceptors (Lipinski definition) is 5. The van der Waals surface area contributed by atoms with Gasteiger partial charge in [0, 0.05) is 18.7 Å². The third-order valence-corrected chi connectivity index (χ3v) is 3.23. The van der Waals surface area contributed by atoms with Crippen molar-refractivity contribution in [2.45, 2.75) is 32.4 Å². The molecule has 6 nitrogen and oxygen atoms in total. The van der Waals surface area contributed by atoms with Crippen LogP contribution in [-0.2, 0) is 13.0 Å². The van der Waals surface area contributed by atoms with Crippen molar-refractivity contribution in [2.75, 3.05) is 5.32 Å². The maximum absolute atomic E-state index is 9.05. The third kappa shape index (κ3) is 2.27. The van der Waals surface area contributed by atoms with E-state index in [2.05, 4.69) is 26.5 Å². The molecule has 0 saturated carbocycles. The van der Waals surface area contributed by atoms with E-state index < -0.39 is 0 Å². The molecule has 1 atom stereocenters. The van der Waals surface area contributed by atoms with Gasteiger partial charge in [0.05, 0.1) is 12.1 Å². The summed E-state index contributed by atoms with van der Waals surface area (Å²) >= 11 is 0. The number of aryl methyl sites for hydroxylation is 2. The first-order chi connectivity index (χ1) is 9.26. The predicted octanol–water partition coefficient (Wildman–Crippen LogP) is 1.28. The fraction of sp³-hybridized carbons (Fsp3) is 0.385. The second kappa shape index (κ2) is 4.69. The Bertz CT molecular complexity index is 639. The molecule has 1 aliphatic heterocycles. The first-order valence-electron chi connectivity index (χ1n) is 6.28. The average molecular weight is 254 g/mol. The van der Waals surface area contributed by atoms with Gasteiger partial charge in [-0.25, -0.2) is 14.6 Å². The Hall–Kier alpha value is -2.42. The normalized spacial score (nSPS) is 17.6. The Kier molecular flexibility index (Phi) is 2.88. The van der Waals surface area contributed by atoms with E-state index in [4.69, 9.17) is 5.26 Å². The van der Waals surface area contributed by atoms with Crippen LogP contribution in [0.25, 0.3) is 0 Å². The van der Waals surface area contributed by atoms with Gasteiger partial charge in [-0.15, -0.1) is 0 Å². The largest absolute Gasteiger partial charge is 0.364 e. The molecular weight excluding hydrogens is 240 g/mol. The van der Waals surface area contributed by atoms with E-state index in [1.807, 2.05) is 11.6 Å². The van der Waals surface area contributed by atoms with Crippen LogP contribution in [0.15, 0.2) is 18.3 Å². The molecule has 19 heavy (non-hydrogen) atoms. The number of nitrogens with one attached hydrogen (secondary N) is 1. The first kappa shape index (κ1) is 11.7. The second-order valence-corrected chi connectivity index (χ2v) is 4.65. The highest BCUT2D eigenvalue weighted by atomic mass is 15.4. The van der Waals surface area contributed by atoms with E-state index in [0.717, 1.165) is 31.0 Å². The third-order valence-electron chi connectivity index (χ3n) is 3.23. The molecule has 0 spiro atoms. The monoisotopic (exact) mass is 254 g/mol. The van der Waals surface area contributed by atoms with Crippen molar-refractivity contribution >= 4 is 5.82 Å². The number of aromatic nitrogens is 4. The number of rotatable bonds is 2. The Morgan fingerprint density at radius 1 is 1.53 bits per heavy atom. The summed E-state index contributed by atoms with van der Waals surface area (Å²) in [6.07, 6.45) is 3.56. The molecule has 3 heterocycles. The summed E-state index contributed by atoms with van der Waals surface area (Å²) in [4.78, 5) is 8.61. The van der Waals surface area contributed by atoms with E-state index in [9.17, 15) is 0 Å². The summed E-state index contributed by atoms with van der Waals surface area (Å²) in [5, 5.41) is 16.7. The molecule has 0 amide bonds. The molecule has 0 aromatic carbocycles. The van der Waals surface area contributed by atoms with Crippen molar-refractivity contribution in [3.05, 3.63) is 35.5 Å². The maximum atomic E-state index is 9.05. The van der Waals surface area contributed by atoms with Gasteiger partial charge in [-0.05, 0) is 25.5 Å². The van der Waals surface area contributed by atoms with Gasteiger partial charge < -0.3 is 5.32 Å². The summed E-state index contributed by atoms with van der Waals surface area (Å²) < 4.78 is 1.94. The molecule has 0 radical (unpaired) electrons. The first-order valence-corrected chi connectivity index (χ1v) is 6.28. The van der Waals surface area contributed by atoms with Gasteiger partial charge in [0.25, 0.3) is 0 Å². The summed E-state index contributed by atoms with van der Waals surface area (Å²) in [6.45, 7) is 2.66. The van der Waals surface area contributed by atoms with E-state index in [-0.39, 0.29) is 6.04 Å². The van der Waals surface area contributed by atoms with Gasteiger partial charge in [-0.2, -0.15) is 10.4 Å². The van der Waals surface area contributed by atoms with E-state index in [1.54, 1.807) is 18.3 Å². The molecule has 0 bridgehead atoms. The molecule has 2 aromatic heterocycles. The summed E-state index contributed by atoms with van der Waals surface area (Å²) in [5.41, 5.74) is 0.572. The summed E-state index contributed by atoms with van der Waals surface area (Å²) in [5.74, 6) is 2.50. The average Bonchev–Trinajstić information content (AvgIpc) is 2.79. The molecule has 2 aromatic rings. The zero-order valence-corrected chi connectivity index (χ0v) is 10.7. The molecule has 0 fully saturated rings. The molecule has 3 rings (SSSR count). The Labute approximate surface area is 111 Å². The van der Waals surface area contributed by atoms with Crippen LogP contribution in [0.1, 0.15) is 23.6 Å². The molecule has 96 valence electrons. The van der Waals surface area contributed by atoms with Gasteiger partial charge >= 0.3 is 0 Å². The highest BCUT2D eigenvalue weighted by Gasteiger charge is 2.21. The van der Waals surface area contributed by atoms with Crippen LogP contribution in [-0.4, -0.2) is 25.8 Å². The lowest BCUT2D eigenvalue weighted by Crippen LogP contribution is -2.32. The number of fused-ring (bicyclic) bond motifs is 1. The molecule has 1 N–H and O–H groups in total. The SMILES string of the molecule is Cc1nc2n(n1)C[C@@H](Nc1ncccc1C#N)CC2. The van der Waals surface area contributed by atoms with Crippen molar-refractivity contribution in [3.8, 4) is 6.07 Å². The lowest BCUT2D eigenvalue weighted by atomic mass is 10.1. The molecule has 6 heteroatoms. The van der Waals surface area contributed by atoms with E-state index >= 15 is 0 Å². The fourth-order valence-electron chi connectivity index (χ4n) is 2.36. The number of nitriles is 1. The minimum Gasteiger partial charge on any atom is -0.364 e. The smallest absolute Gasteiger partial charge is 0.147 e. The Morgan fingerprint density at radius 3 is 3.26 bits per heavy atom. The van der Waals surface area contributed by atoms with Crippen LogP contribution >= 0.6 is 0 Å². The van der Waals surface area contributed by atoms with Gasteiger partial charge in [0.15, 0.2) is 0 Å². The molecule has 0 unspecified atom stereocenters. The molecule has 0 aliphatic carbocycles. The number of hydrogen-bond donors (Lipinski definition) is 1. The highest BCUT2D eigenvalue weighted by Crippen LogP contribution is 2.18. The lowest BCUT2D eigenvalue weighted by Gasteiger charge is -2.24. The van der Waals surface area contributed by atoms with E-state index in [1.165, 1.54) is 0 Å². The number of nitrogens with zero attached hydrogens (tertiary/aromatic N) is 5. The summed E-state index contributed by atoms with van der Waals surface area (Å²) in [7, 11) is 0. The number of pyridine rings is 1. The second-order valence-electron chi connectivity index (χ2n) is 4.65. The number of anilines is 1. The predicted molar refractivity (Wildman–Crippen MR) is 69.4 cm³/mol. The summed E-state index contributed by atoms with van der Waals surface area (Å²) in [6, 6.07) is 5.92. The van der Waals surface area contributed by atoms with Crippen molar-refractivity contribution in [2.24, 2.45) is 0 Å².